The van der Waals surface area contributed by atoms with Crippen LogP contribution in [0.4, 0.5) is 10.1 Å². The number of piperazine rings is 1. The van der Waals surface area contributed by atoms with Crippen molar-refractivity contribution in [2.75, 3.05) is 25.4 Å². The Bertz CT molecular complexity index is 457. The number of hydrogen-bond acceptors (Lipinski definition) is 3. The molecule has 1 aromatic carbocycles. The molecule has 4 heteroatoms. The molecular formula is C16H24FN3. The van der Waals surface area contributed by atoms with Crippen LogP contribution in [-0.4, -0.2) is 41.5 Å². The number of piperidine rings is 1. The Balaban J connectivity index is 1.73. The van der Waals surface area contributed by atoms with Crippen molar-refractivity contribution in [3.8, 4) is 0 Å². The van der Waals surface area contributed by atoms with E-state index in [9.17, 15) is 4.39 Å². The Morgan fingerprint density at radius 2 is 2.15 bits per heavy atom. The van der Waals surface area contributed by atoms with Crippen LogP contribution in [0.2, 0.25) is 0 Å². The molecule has 2 N–H and O–H groups in total. The zero-order valence-electron chi connectivity index (χ0n) is 12.2. The lowest BCUT2D eigenvalue weighted by atomic mass is 9.96. The Morgan fingerprint density at radius 3 is 2.95 bits per heavy atom. The van der Waals surface area contributed by atoms with Gasteiger partial charge in [-0.3, -0.25) is 9.80 Å². The van der Waals surface area contributed by atoms with Crippen molar-refractivity contribution >= 4 is 5.69 Å². The summed E-state index contributed by atoms with van der Waals surface area (Å²) < 4.78 is 13.9. The lowest BCUT2D eigenvalue weighted by molar-refractivity contribution is 0.0107. The minimum atomic E-state index is -0.178. The van der Waals surface area contributed by atoms with Crippen LogP contribution in [0.1, 0.15) is 31.7 Å². The van der Waals surface area contributed by atoms with Gasteiger partial charge in [0.05, 0.1) is 0 Å². The number of fused-ring (bicyclic) bond motifs is 1. The average molecular weight is 277 g/mol. The summed E-state index contributed by atoms with van der Waals surface area (Å²) in [4.78, 5) is 5.00. The molecule has 3 nitrogen and oxygen atoms in total. The van der Waals surface area contributed by atoms with E-state index in [4.69, 9.17) is 5.73 Å². The van der Waals surface area contributed by atoms with Crippen LogP contribution in [0.15, 0.2) is 18.2 Å². The quantitative estimate of drug-likeness (QED) is 0.843. The predicted octanol–water partition coefficient (Wildman–Crippen LogP) is 2.47. The summed E-state index contributed by atoms with van der Waals surface area (Å²) in [6.07, 6.45) is 3.92. The SMILES string of the molecule is CC1CN2CCCCC2CN1Cc1c(N)cccc1F. The van der Waals surface area contributed by atoms with Crippen LogP contribution in [0, 0.1) is 5.82 Å². The summed E-state index contributed by atoms with van der Waals surface area (Å²) in [6.45, 7) is 6.23. The molecule has 2 heterocycles. The van der Waals surface area contributed by atoms with Gasteiger partial charge >= 0.3 is 0 Å². The highest BCUT2D eigenvalue weighted by Gasteiger charge is 2.33. The second-order valence-corrected chi connectivity index (χ2v) is 6.23. The lowest BCUT2D eigenvalue weighted by Gasteiger charge is -2.47. The van der Waals surface area contributed by atoms with Gasteiger partial charge < -0.3 is 5.73 Å². The Kier molecular flexibility index (Phi) is 3.94. The van der Waals surface area contributed by atoms with E-state index in [1.165, 1.54) is 31.9 Å². The van der Waals surface area contributed by atoms with Crippen molar-refractivity contribution in [2.45, 2.75) is 44.8 Å². The minimum absolute atomic E-state index is 0.178. The van der Waals surface area contributed by atoms with Crippen molar-refractivity contribution in [3.05, 3.63) is 29.6 Å². The zero-order valence-corrected chi connectivity index (χ0v) is 12.2. The average Bonchev–Trinajstić information content (AvgIpc) is 2.43. The van der Waals surface area contributed by atoms with E-state index >= 15 is 0 Å². The van der Waals surface area contributed by atoms with Gasteiger partial charge in [-0.05, 0) is 38.4 Å². The highest BCUT2D eigenvalue weighted by Crippen LogP contribution is 2.27. The first-order valence-electron chi connectivity index (χ1n) is 7.66. The molecule has 2 aliphatic rings. The van der Waals surface area contributed by atoms with Crippen molar-refractivity contribution < 1.29 is 4.39 Å². The largest absolute Gasteiger partial charge is 0.398 e. The molecule has 2 saturated heterocycles. The summed E-state index contributed by atoms with van der Waals surface area (Å²) in [6, 6.07) is 6.08. The summed E-state index contributed by atoms with van der Waals surface area (Å²) in [5.41, 5.74) is 7.17. The van der Waals surface area contributed by atoms with Crippen LogP contribution < -0.4 is 5.73 Å². The van der Waals surface area contributed by atoms with Crippen LogP contribution in [0.5, 0.6) is 0 Å². The molecule has 0 bridgehead atoms. The summed E-state index contributed by atoms with van der Waals surface area (Å²) in [5.74, 6) is -0.178. The van der Waals surface area contributed by atoms with Gasteiger partial charge in [0.2, 0.25) is 0 Å². The van der Waals surface area contributed by atoms with E-state index in [1.54, 1.807) is 12.1 Å². The lowest BCUT2D eigenvalue weighted by Crippen LogP contribution is -2.58. The second kappa shape index (κ2) is 5.70. The number of benzene rings is 1. The fourth-order valence-corrected chi connectivity index (χ4v) is 3.58. The first kappa shape index (κ1) is 13.8. The molecule has 0 saturated carbocycles. The van der Waals surface area contributed by atoms with Crippen LogP contribution in [0.3, 0.4) is 0 Å². The van der Waals surface area contributed by atoms with Gasteiger partial charge in [-0.15, -0.1) is 0 Å². The number of nitrogens with two attached hydrogens (primary N) is 1. The Morgan fingerprint density at radius 1 is 1.30 bits per heavy atom. The van der Waals surface area contributed by atoms with Gasteiger partial charge in [0.1, 0.15) is 5.82 Å². The van der Waals surface area contributed by atoms with Crippen molar-refractivity contribution in [3.63, 3.8) is 0 Å². The number of rotatable bonds is 2. The van der Waals surface area contributed by atoms with E-state index in [-0.39, 0.29) is 5.82 Å². The topological polar surface area (TPSA) is 32.5 Å². The smallest absolute Gasteiger partial charge is 0.129 e. The molecule has 110 valence electrons. The van der Waals surface area contributed by atoms with Crippen molar-refractivity contribution in [1.29, 1.82) is 0 Å². The molecule has 2 fully saturated rings. The number of anilines is 1. The summed E-state index contributed by atoms with van der Waals surface area (Å²) in [7, 11) is 0. The van der Waals surface area contributed by atoms with Gasteiger partial charge in [0, 0.05) is 43.0 Å². The molecule has 0 aromatic heterocycles. The molecule has 20 heavy (non-hydrogen) atoms. The van der Waals surface area contributed by atoms with Gasteiger partial charge in [-0.2, -0.15) is 0 Å². The van der Waals surface area contributed by atoms with Crippen molar-refractivity contribution in [2.24, 2.45) is 0 Å². The number of nitrogens with zero attached hydrogens (tertiary/aromatic N) is 2. The van der Waals surface area contributed by atoms with E-state index in [2.05, 4.69) is 16.7 Å². The molecule has 0 spiro atoms. The van der Waals surface area contributed by atoms with Gasteiger partial charge in [0.25, 0.3) is 0 Å². The number of nitrogen functional groups attached to an aromatic ring is 1. The van der Waals surface area contributed by atoms with Crippen LogP contribution >= 0.6 is 0 Å². The van der Waals surface area contributed by atoms with E-state index in [0.717, 1.165) is 13.1 Å². The first-order chi connectivity index (χ1) is 9.65. The third kappa shape index (κ3) is 2.67. The molecule has 0 aliphatic carbocycles. The van der Waals surface area contributed by atoms with Crippen molar-refractivity contribution in [1.82, 2.24) is 9.80 Å². The maximum absolute atomic E-state index is 13.9. The van der Waals surface area contributed by atoms with Crippen LogP contribution in [0.25, 0.3) is 0 Å². The van der Waals surface area contributed by atoms with E-state index in [0.29, 0.717) is 29.9 Å². The normalized spacial score (nSPS) is 28.3. The highest BCUT2D eigenvalue weighted by atomic mass is 19.1. The molecule has 3 rings (SSSR count). The number of hydrogen-bond donors (Lipinski definition) is 1. The fourth-order valence-electron chi connectivity index (χ4n) is 3.58. The van der Waals surface area contributed by atoms with Gasteiger partial charge in [-0.25, -0.2) is 4.39 Å². The maximum Gasteiger partial charge on any atom is 0.129 e. The zero-order chi connectivity index (χ0) is 14.1. The summed E-state index contributed by atoms with van der Waals surface area (Å²) >= 11 is 0. The predicted molar refractivity (Wildman–Crippen MR) is 79.9 cm³/mol. The molecule has 1 aromatic rings. The Labute approximate surface area is 120 Å². The maximum atomic E-state index is 13.9. The number of halogens is 1. The monoisotopic (exact) mass is 277 g/mol. The molecule has 2 atom stereocenters. The van der Waals surface area contributed by atoms with Gasteiger partial charge in [0.15, 0.2) is 0 Å². The first-order valence-corrected chi connectivity index (χ1v) is 7.66. The van der Waals surface area contributed by atoms with Gasteiger partial charge in [-0.1, -0.05) is 12.5 Å². The third-order valence-corrected chi connectivity index (χ3v) is 4.83. The highest BCUT2D eigenvalue weighted by molar-refractivity contribution is 5.47. The Hall–Kier alpha value is -1.13. The molecule has 2 aliphatic heterocycles. The fraction of sp³-hybridized carbons (Fsp3) is 0.625. The third-order valence-electron chi connectivity index (χ3n) is 4.83. The van der Waals surface area contributed by atoms with E-state index in [1.807, 2.05) is 0 Å². The van der Waals surface area contributed by atoms with Crippen LogP contribution in [-0.2, 0) is 6.54 Å². The molecule has 2 unspecified atom stereocenters. The molecule has 0 radical (unpaired) electrons. The molecular weight excluding hydrogens is 253 g/mol. The summed E-state index contributed by atoms with van der Waals surface area (Å²) in [5, 5.41) is 0. The second-order valence-electron chi connectivity index (χ2n) is 6.23. The molecule has 0 amide bonds. The van der Waals surface area contributed by atoms with E-state index < -0.39 is 0 Å². The minimum Gasteiger partial charge on any atom is -0.398 e. The standard InChI is InChI=1S/C16H24FN3/c1-12-9-19-8-3-2-5-13(19)10-20(12)11-14-15(17)6-4-7-16(14)18/h4,6-7,12-13H,2-3,5,8-11,18H2,1H3.